The minimum atomic E-state index is -2.82. The fraction of sp³-hybridized carbons (Fsp3) is 0.750. The Balaban J connectivity index is 2.85. The maximum absolute atomic E-state index is 10.5. The van der Waals surface area contributed by atoms with Crippen molar-refractivity contribution in [2.75, 3.05) is 6.54 Å². The van der Waals surface area contributed by atoms with Crippen molar-refractivity contribution < 1.29 is 25.3 Å². The fourth-order valence-corrected chi connectivity index (χ4v) is 0.706. The average Bonchev–Trinajstić information content (AvgIpc) is 1.97. The van der Waals surface area contributed by atoms with E-state index in [4.69, 9.17) is 20.5 Å². The predicted octanol–water partition coefficient (Wildman–Crippen LogP) is -2.74. The highest BCUT2D eigenvalue weighted by Gasteiger charge is 2.51. The van der Waals surface area contributed by atoms with E-state index in [1.165, 1.54) is 0 Å². The molecule has 58 valence electrons. The van der Waals surface area contributed by atoms with Gasteiger partial charge in [-0.2, -0.15) is 0 Å². The molecule has 1 fully saturated rings. The molecule has 6 heteroatoms. The number of β-amino-alcohol motifs (C(OH)–C–C–N with tert-alkyl or cyclic N) is 1. The zero-order valence-electron chi connectivity index (χ0n) is 4.93. The SMILES string of the molecule is O=C1N(O)CC(O)C1(O)O. The van der Waals surface area contributed by atoms with Crippen LogP contribution in [0, 0.1) is 0 Å². The van der Waals surface area contributed by atoms with Crippen molar-refractivity contribution in [1.82, 2.24) is 5.06 Å². The van der Waals surface area contributed by atoms with Crippen LogP contribution >= 0.6 is 0 Å². The summed E-state index contributed by atoms with van der Waals surface area (Å²) in [4.78, 5) is 10.5. The van der Waals surface area contributed by atoms with E-state index in [1.54, 1.807) is 0 Å². The summed E-state index contributed by atoms with van der Waals surface area (Å²) in [5, 5.41) is 34.6. The molecule has 0 aliphatic carbocycles. The molecule has 0 radical (unpaired) electrons. The largest absolute Gasteiger partial charge is 0.385 e. The second-order valence-electron chi connectivity index (χ2n) is 2.13. The third kappa shape index (κ3) is 0.781. The molecule has 1 rings (SSSR count). The number of aliphatic hydroxyl groups is 3. The van der Waals surface area contributed by atoms with E-state index in [0.29, 0.717) is 0 Å². The van der Waals surface area contributed by atoms with E-state index < -0.39 is 24.3 Å². The van der Waals surface area contributed by atoms with E-state index in [2.05, 4.69) is 0 Å². The Morgan fingerprint density at radius 3 is 2.20 bits per heavy atom. The van der Waals surface area contributed by atoms with Crippen LogP contribution in [0.1, 0.15) is 0 Å². The van der Waals surface area contributed by atoms with Crippen LogP contribution in [-0.2, 0) is 4.79 Å². The number of carbonyl (C=O) groups is 1. The molecule has 1 aliphatic heterocycles. The Kier molecular flexibility index (Phi) is 1.41. The van der Waals surface area contributed by atoms with Crippen LogP contribution in [0.2, 0.25) is 0 Å². The number of hydrogen-bond donors (Lipinski definition) is 4. The summed E-state index contributed by atoms with van der Waals surface area (Å²) < 4.78 is 0. The molecule has 1 atom stereocenters. The summed E-state index contributed by atoms with van der Waals surface area (Å²) in [6, 6.07) is 0. The van der Waals surface area contributed by atoms with Crippen LogP contribution in [0.4, 0.5) is 0 Å². The maximum atomic E-state index is 10.5. The van der Waals surface area contributed by atoms with Gasteiger partial charge in [0.1, 0.15) is 6.10 Å². The molecular formula is C4H7NO5. The third-order valence-electron chi connectivity index (χ3n) is 1.36. The molecule has 6 nitrogen and oxygen atoms in total. The second kappa shape index (κ2) is 1.89. The van der Waals surface area contributed by atoms with Gasteiger partial charge in [0.25, 0.3) is 5.79 Å². The number of nitrogens with zero attached hydrogens (tertiary/aromatic N) is 1. The van der Waals surface area contributed by atoms with Crippen LogP contribution in [-0.4, -0.2) is 49.9 Å². The molecule has 1 unspecified atom stereocenters. The first-order valence-corrected chi connectivity index (χ1v) is 2.60. The van der Waals surface area contributed by atoms with Gasteiger partial charge >= 0.3 is 5.91 Å². The highest BCUT2D eigenvalue weighted by molar-refractivity contribution is 5.85. The van der Waals surface area contributed by atoms with E-state index >= 15 is 0 Å². The van der Waals surface area contributed by atoms with E-state index in [1.807, 2.05) is 0 Å². The maximum Gasteiger partial charge on any atom is 0.308 e. The fourth-order valence-electron chi connectivity index (χ4n) is 0.706. The van der Waals surface area contributed by atoms with Crippen LogP contribution in [0.15, 0.2) is 0 Å². The lowest BCUT2D eigenvalue weighted by Gasteiger charge is -2.14. The zero-order valence-corrected chi connectivity index (χ0v) is 4.93. The van der Waals surface area contributed by atoms with Gasteiger partial charge in [-0.05, 0) is 0 Å². The number of rotatable bonds is 0. The molecule has 1 heterocycles. The summed E-state index contributed by atoms with van der Waals surface area (Å²) in [5.41, 5.74) is 0. The quantitative estimate of drug-likeness (QED) is 0.221. The molecule has 1 amide bonds. The number of carbonyl (C=O) groups excluding carboxylic acids is 1. The Morgan fingerprint density at radius 1 is 1.60 bits per heavy atom. The van der Waals surface area contributed by atoms with E-state index in [0.717, 1.165) is 0 Å². The van der Waals surface area contributed by atoms with Crippen LogP contribution in [0.3, 0.4) is 0 Å². The van der Waals surface area contributed by atoms with Gasteiger partial charge in [-0.15, -0.1) is 0 Å². The number of hydroxylamine groups is 2. The minimum absolute atomic E-state index is 0.0602. The normalized spacial score (nSPS) is 31.4. The molecule has 0 aromatic carbocycles. The van der Waals surface area contributed by atoms with Gasteiger partial charge in [-0.3, -0.25) is 10.0 Å². The number of aliphatic hydroxyl groups excluding tert-OH is 1. The summed E-state index contributed by atoms with van der Waals surface area (Å²) in [7, 11) is 0. The van der Waals surface area contributed by atoms with Gasteiger partial charge in [0.2, 0.25) is 0 Å². The number of amides is 1. The molecule has 0 aromatic rings. The molecule has 0 spiro atoms. The van der Waals surface area contributed by atoms with Crippen molar-refractivity contribution >= 4 is 5.91 Å². The van der Waals surface area contributed by atoms with Crippen molar-refractivity contribution in [3.8, 4) is 0 Å². The van der Waals surface area contributed by atoms with Crippen LogP contribution in [0.5, 0.6) is 0 Å². The van der Waals surface area contributed by atoms with Gasteiger partial charge in [0, 0.05) is 0 Å². The molecular weight excluding hydrogens is 142 g/mol. The summed E-state index contributed by atoms with van der Waals surface area (Å²) in [5.74, 6) is -4.13. The molecule has 0 aromatic heterocycles. The van der Waals surface area contributed by atoms with Crippen molar-refractivity contribution in [3.05, 3.63) is 0 Å². The topological polar surface area (TPSA) is 101 Å². The molecule has 1 saturated heterocycles. The first-order chi connectivity index (χ1) is 4.46. The van der Waals surface area contributed by atoms with Gasteiger partial charge in [-0.25, -0.2) is 5.06 Å². The minimum Gasteiger partial charge on any atom is -0.385 e. The first kappa shape index (κ1) is 7.42. The lowest BCUT2D eigenvalue weighted by molar-refractivity contribution is -0.213. The molecule has 10 heavy (non-hydrogen) atoms. The smallest absolute Gasteiger partial charge is 0.308 e. The van der Waals surface area contributed by atoms with Gasteiger partial charge < -0.3 is 15.3 Å². The highest BCUT2D eigenvalue weighted by Crippen LogP contribution is 2.18. The van der Waals surface area contributed by atoms with Gasteiger partial charge in [0.15, 0.2) is 0 Å². The van der Waals surface area contributed by atoms with Crippen molar-refractivity contribution in [2.45, 2.75) is 11.9 Å². The zero-order chi connectivity index (χ0) is 7.94. The molecule has 1 aliphatic rings. The Morgan fingerprint density at radius 2 is 2.10 bits per heavy atom. The second-order valence-corrected chi connectivity index (χ2v) is 2.13. The van der Waals surface area contributed by atoms with Crippen LogP contribution < -0.4 is 0 Å². The van der Waals surface area contributed by atoms with Crippen molar-refractivity contribution in [2.24, 2.45) is 0 Å². The number of hydrogen-bond acceptors (Lipinski definition) is 5. The lowest BCUT2D eigenvalue weighted by Crippen LogP contribution is -2.45. The van der Waals surface area contributed by atoms with Gasteiger partial charge in [0.05, 0.1) is 6.54 Å². The Hall–Kier alpha value is -0.690. The Bertz CT molecular complexity index is 167. The van der Waals surface area contributed by atoms with E-state index in [-0.39, 0.29) is 5.06 Å². The summed E-state index contributed by atoms with van der Waals surface area (Å²) >= 11 is 0. The highest BCUT2D eigenvalue weighted by atomic mass is 16.6. The first-order valence-electron chi connectivity index (χ1n) is 2.60. The summed E-state index contributed by atoms with van der Waals surface area (Å²) in [6.07, 6.45) is -1.65. The average molecular weight is 149 g/mol. The lowest BCUT2D eigenvalue weighted by atomic mass is 10.2. The Labute approximate surface area is 55.9 Å². The molecule has 4 N–H and O–H groups in total. The van der Waals surface area contributed by atoms with Crippen LogP contribution in [0.25, 0.3) is 0 Å². The molecule has 0 saturated carbocycles. The predicted molar refractivity (Wildman–Crippen MR) is 26.7 cm³/mol. The van der Waals surface area contributed by atoms with Crippen molar-refractivity contribution in [1.29, 1.82) is 0 Å². The third-order valence-corrected chi connectivity index (χ3v) is 1.36. The standard InChI is InChI=1S/C4H7NO5/c6-2-1-5(10)3(7)4(2,8)9/h2,6,8-10H,1H2. The monoisotopic (exact) mass is 149 g/mol. The van der Waals surface area contributed by atoms with E-state index in [9.17, 15) is 4.79 Å². The summed E-state index contributed by atoms with van der Waals surface area (Å²) in [6.45, 7) is -0.480. The van der Waals surface area contributed by atoms with Crippen molar-refractivity contribution in [3.63, 3.8) is 0 Å². The molecule has 0 bridgehead atoms. The van der Waals surface area contributed by atoms with Gasteiger partial charge in [-0.1, -0.05) is 0 Å².